The molecule has 1 heterocycles. The molecule has 3 aromatic rings. The van der Waals surface area contributed by atoms with Crippen molar-refractivity contribution < 1.29 is 14.6 Å². The van der Waals surface area contributed by atoms with Crippen molar-refractivity contribution in [3.63, 3.8) is 0 Å². The Balaban J connectivity index is 1.64. The Morgan fingerprint density at radius 3 is 2.25 bits per heavy atom. The summed E-state index contributed by atoms with van der Waals surface area (Å²) in [6.45, 7) is 1.63. The Morgan fingerprint density at radius 2 is 1.68 bits per heavy atom. The predicted molar refractivity (Wildman–Crippen MR) is 108 cm³/mol. The van der Waals surface area contributed by atoms with Crippen LogP contribution in [-0.2, 0) is 0 Å². The van der Waals surface area contributed by atoms with E-state index in [1.54, 1.807) is 50.7 Å². The van der Waals surface area contributed by atoms with Crippen molar-refractivity contribution >= 4 is 17.5 Å². The molecule has 0 radical (unpaired) electrons. The van der Waals surface area contributed by atoms with E-state index < -0.39 is 0 Å². The van der Waals surface area contributed by atoms with Crippen LogP contribution in [0.1, 0.15) is 17.3 Å². The van der Waals surface area contributed by atoms with Gasteiger partial charge in [-0.2, -0.15) is 0 Å². The van der Waals surface area contributed by atoms with E-state index in [9.17, 15) is 4.79 Å². The third kappa shape index (κ3) is 4.83. The van der Waals surface area contributed by atoms with Crippen LogP contribution in [0.15, 0.2) is 60.9 Å². The van der Waals surface area contributed by atoms with E-state index in [1.807, 2.05) is 24.3 Å². The molecule has 7 nitrogen and oxygen atoms in total. The molecule has 0 bridgehead atoms. The van der Waals surface area contributed by atoms with Crippen LogP contribution in [0, 0.1) is 0 Å². The zero-order valence-electron chi connectivity index (χ0n) is 15.7. The van der Waals surface area contributed by atoms with Crippen LogP contribution >= 0.6 is 0 Å². The first kappa shape index (κ1) is 19.3. The van der Waals surface area contributed by atoms with Gasteiger partial charge in [-0.05, 0) is 48.9 Å². The molecular weight excluding hydrogens is 356 g/mol. The number of hydrogen-bond donors (Lipinski definition) is 3. The molecule has 1 atom stereocenters. The van der Waals surface area contributed by atoms with Crippen molar-refractivity contribution in [2.24, 2.45) is 0 Å². The number of anilines is 2. The Hall–Kier alpha value is -3.45. The second-order valence-corrected chi connectivity index (χ2v) is 6.28. The van der Waals surface area contributed by atoms with Gasteiger partial charge in [0.25, 0.3) is 5.91 Å². The lowest BCUT2D eigenvalue weighted by atomic mass is 10.1. The minimum atomic E-state index is -0.289. The number of carbonyl (C=O) groups is 1. The van der Waals surface area contributed by atoms with E-state index in [0.29, 0.717) is 11.5 Å². The molecule has 1 unspecified atom stereocenters. The number of nitrogens with one attached hydrogen (secondary N) is 2. The second-order valence-electron chi connectivity index (χ2n) is 6.28. The van der Waals surface area contributed by atoms with E-state index in [1.165, 1.54) is 0 Å². The second kappa shape index (κ2) is 8.96. The number of carbonyl (C=O) groups excluding carboxylic acids is 1. The molecule has 3 rings (SSSR count). The van der Waals surface area contributed by atoms with Crippen molar-refractivity contribution in [3.05, 3.63) is 66.5 Å². The summed E-state index contributed by atoms with van der Waals surface area (Å²) in [6.07, 6.45) is 3.49. The fraction of sp³-hybridized carbons (Fsp3) is 0.190. The Labute approximate surface area is 163 Å². The summed E-state index contributed by atoms with van der Waals surface area (Å²) in [5, 5.41) is 14.8. The highest BCUT2D eigenvalue weighted by molar-refractivity contribution is 5.94. The highest BCUT2D eigenvalue weighted by Gasteiger charge is 2.09. The molecule has 0 saturated carbocycles. The van der Waals surface area contributed by atoms with Gasteiger partial charge in [-0.3, -0.25) is 4.79 Å². The molecular formula is C21H22N4O3. The summed E-state index contributed by atoms with van der Waals surface area (Å²) in [7, 11) is 1.63. The number of amides is 1. The first-order valence-corrected chi connectivity index (χ1v) is 8.84. The highest BCUT2D eigenvalue weighted by Crippen LogP contribution is 2.22. The van der Waals surface area contributed by atoms with E-state index in [2.05, 4.69) is 20.6 Å². The largest absolute Gasteiger partial charge is 0.497 e. The number of methoxy groups -OCH3 is 1. The van der Waals surface area contributed by atoms with Crippen LogP contribution in [0.2, 0.25) is 0 Å². The number of nitrogens with zero attached hydrogens (tertiary/aromatic N) is 2. The van der Waals surface area contributed by atoms with E-state index in [0.717, 1.165) is 22.6 Å². The molecule has 0 spiro atoms. The molecule has 144 valence electrons. The van der Waals surface area contributed by atoms with Gasteiger partial charge in [-0.25, -0.2) is 9.97 Å². The predicted octanol–water partition coefficient (Wildman–Crippen LogP) is 3.01. The minimum absolute atomic E-state index is 0.102. The lowest BCUT2D eigenvalue weighted by Gasteiger charge is -2.11. The van der Waals surface area contributed by atoms with Crippen LogP contribution in [0.5, 0.6) is 5.75 Å². The van der Waals surface area contributed by atoms with Crippen molar-refractivity contribution in [3.8, 4) is 16.9 Å². The average Bonchev–Trinajstić information content (AvgIpc) is 2.74. The lowest BCUT2D eigenvalue weighted by Crippen LogP contribution is -2.34. The van der Waals surface area contributed by atoms with Gasteiger partial charge in [0.1, 0.15) is 5.75 Å². The number of rotatable bonds is 7. The van der Waals surface area contributed by atoms with Gasteiger partial charge in [0.15, 0.2) is 0 Å². The smallest absolute Gasteiger partial charge is 0.251 e. The SMILES string of the molecule is COc1ccc(-c2cnc(Nc3ccc(C(=O)NC(C)CO)cc3)nc2)cc1. The van der Waals surface area contributed by atoms with Crippen molar-refractivity contribution in [2.75, 3.05) is 19.0 Å². The topological polar surface area (TPSA) is 96.4 Å². The quantitative estimate of drug-likeness (QED) is 0.585. The molecule has 7 heteroatoms. The van der Waals surface area contributed by atoms with Gasteiger partial charge in [0, 0.05) is 35.2 Å². The molecule has 1 aromatic heterocycles. The average molecular weight is 378 g/mol. The summed E-state index contributed by atoms with van der Waals surface area (Å²) >= 11 is 0. The molecule has 0 aliphatic heterocycles. The molecule has 0 fully saturated rings. The molecule has 3 N–H and O–H groups in total. The van der Waals surface area contributed by atoms with Crippen LogP contribution in [-0.4, -0.2) is 40.7 Å². The Kier molecular flexibility index (Phi) is 6.18. The van der Waals surface area contributed by atoms with Crippen LogP contribution in [0.4, 0.5) is 11.6 Å². The number of ether oxygens (including phenoxy) is 1. The molecule has 0 aliphatic rings. The molecule has 2 aromatic carbocycles. The van der Waals surface area contributed by atoms with Crippen molar-refractivity contribution in [1.29, 1.82) is 0 Å². The number of hydrogen-bond acceptors (Lipinski definition) is 6. The van der Waals surface area contributed by atoms with Gasteiger partial charge in [-0.15, -0.1) is 0 Å². The fourth-order valence-corrected chi connectivity index (χ4v) is 2.51. The minimum Gasteiger partial charge on any atom is -0.497 e. The van der Waals surface area contributed by atoms with E-state index in [-0.39, 0.29) is 18.6 Å². The van der Waals surface area contributed by atoms with Crippen LogP contribution in [0.25, 0.3) is 11.1 Å². The van der Waals surface area contributed by atoms with Gasteiger partial charge >= 0.3 is 0 Å². The van der Waals surface area contributed by atoms with Gasteiger partial charge < -0.3 is 20.5 Å². The standard InChI is InChI=1S/C21H22N4O3/c1-14(13-26)24-20(27)16-3-7-18(8-4-16)25-21-22-11-17(12-23-21)15-5-9-19(28-2)10-6-15/h3-12,14,26H,13H2,1-2H3,(H,24,27)(H,22,23,25). The van der Waals surface area contributed by atoms with Crippen LogP contribution in [0.3, 0.4) is 0 Å². The maximum atomic E-state index is 12.0. The summed E-state index contributed by atoms with van der Waals surface area (Å²) in [5.74, 6) is 1.03. The fourth-order valence-electron chi connectivity index (χ4n) is 2.51. The summed E-state index contributed by atoms with van der Waals surface area (Å²) in [5.41, 5.74) is 3.18. The maximum absolute atomic E-state index is 12.0. The van der Waals surface area contributed by atoms with Crippen molar-refractivity contribution in [2.45, 2.75) is 13.0 Å². The Bertz CT molecular complexity index is 910. The number of aliphatic hydroxyl groups is 1. The molecule has 1 amide bonds. The molecule has 28 heavy (non-hydrogen) atoms. The number of benzene rings is 2. The zero-order chi connectivity index (χ0) is 19.9. The van der Waals surface area contributed by atoms with Gasteiger partial charge in [0.2, 0.25) is 5.95 Å². The summed E-state index contributed by atoms with van der Waals surface area (Å²) in [4.78, 5) is 20.7. The van der Waals surface area contributed by atoms with Gasteiger partial charge in [-0.1, -0.05) is 12.1 Å². The normalized spacial score (nSPS) is 11.5. The summed E-state index contributed by atoms with van der Waals surface area (Å²) < 4.78 is 5.16. The number of aliphatic hydroxyl groups excluding tert-OH is 1. The third-order valence-corrected chi connectivity index (χ3v) is 4.13. The lowest BCUT2D eigenvalue weighted by molar-refractivity contribution is 0.0922. The Morgan fingerprint density at radius 1 is 1.04 bits per heavy atom. The van der Waals surface area contributed by atoms with E-state index >= 15 is 0 Å². The van der Waals surface area contributed by atoms with E-state index in [4.69, 9.17) is 9.84 Å². The van der Waals surface area contributed by atoms with Crippen molar-refractivity contribution in [1.82, 2.24) is 15.3 Å². The zero-order valence-corrected chi connectivity index (χ0v) is 15.7. The maximum Gasteiger partial charge on any atom is 0.251 e. The van der Waals surface area contributed by atoms with Crippen LogP contribution < -0.4 is 15.4 Å². The first-order chi connectivity index (χ1) is 13.6. The first-order valence-electron chi connectivity index (χ1n) is 8.84. The number of aromatic nitrogens is 2. The third-order valence-electron chi connectivity index (χ3n) is 4.13. The highest BCUT2D eigenvalue weighted by atomic mass is 16.5. The summed E-state index contributed by atoms with van der Waals surface area (Å²) in [6, 6.07) is 14.3. The molecule has 0 aliphatic carbocycles. The van der Waals surface area contributed by atoms with Gasteiger partial charge in [0.05, 0.1) is 13.7 Å². The monoisotopic (exact) mass is 378 g/mol. The molecule has 0 saturated heterocycles.